The van der Waals surface area contributed by atoms with E-state index in [1.165, 1.54) is 0 Å². The van der Waals surface area contributed by atoms with E-state index in [2.05, 4.69) is 5.10 Å². The van der Waals surface area contributed by atoms with Crippen LogP contribution in [0.4, 0.5) is 0 Å². The normalized spacial score (nSPS) is 21.4. The average molecular weight is 282 g/mol. The SMILES string of the molecule is C/C=C/c1nn(-c2ccccc2)c2c1C(=O)[C@@H](C)[C@H](C)O2. The number of allylic oxidation sites excluding steroid dienone is 1. The van der Waals surface area contributed by atoms with Crippen LogP contribution in [0.2, 0.25) is 0 Å². The summed E-state index contributed by atoms with van der Waals surface area (Å²) in [5.41, 5.74) is 2.14. The minimum absolute atomic E-state index is 0.0963. The van der Waals surface area contributed by atoms with Crippen LogP contribution in [0.3, 0.4) is 0 Å². The predicted molar refractivity (Wildman–Crippen MR) is 81.9 cm³/mol. The summed E-state index contributed by atoms with van der Waals surface area (Å²) >= 11 is 0. The van der Waals surface area contributed by atoms with E-state index in [9.17, 15) is 4.79 Å². The molecule has 2 heterocycles. The molecule has 1 aliphatic heterocycles. The van der Waals surface area contributed by atoms with E-state index in [0.29, 0.717) is 17.1 Å². The molecule has 108 valence electrons. The lowest BCUT2D eigenvalue weighted by Crippen LogP contribution is -2.34. The minimum atomic E-state index is -0.157. The molecule has 0 unspecified atom stereocenters. The number of carbonyl (C=O) groups excluding carboxylic acids is 1. The first-order valence-corrected chi connectivity index (χ1v) is 7.15. The third-order valence-electron chi connectivity index (χ3n) is 3.86. The van der Waals surface area contributed by atoms with E-state index in [0.717, 1.165) is 5.69 Å². The Labute approximate surface area is 124 Å². The molecule has 0 N–H and O–H groups in total. The van der Waals surface area contributed by atoms with Gasteiger partial charge in [-0.15, -0.1) is 0 Å². The van der Waals surface area contributed by atoms with E-state index in [1.54, 1.807) is 4.68 Å². The van der Waals surface area contributed by atoms with Crippen LogP contribution >= 0.6 is 0 Å². The summed E-state index contributed by atoms with van der Waals surface area (Å²) in [7, 11) is 0. The van der Waals surface area contributed by atoms with Gasteiger partial charge in [-0.3, -0.25) is 4.79 Å². The number of nitrogens with zero attached hydrogens (tertiary/aromatic N) is 2. The molecule has 1 aromatic carbocycles. The van der Waals surface area contributed by atoms with Gasteiger partial charge >= 0.3 is 0 Å². The summed E-state index contributed by atoms with van der Waals surface area (Å²) < 4.78 is 7.69. The number of ether oxygens (including phenoxy) is 1. The van der Waals surface area contributed by atoms with E-state index < -0.39 is 0 Å². The molecule has 4 nitrogen and oxygen atoms in total. The van der Waals surface area contributed by atoms with Crippen molar-refractivity contribution in [2.45, 2.75) is 26.9 Å². The van der Waals surface area contributed by atoms with E-state index in [-0.39, 0.29) is 17.8 Å². The predicted octanol–water partition coefficient (Wildman–Crippen LogP) is 3.51. The number of benzene rings is 1. The van der Waals surface area contributed by atoms with Crippen LogP contribution in [-0.4, -0.2) is 21.7 Å². The van der Waals surface area contributed by atoms with Crippen molar-refractivity contribution in [3.05, 3.63) is 47.7 Å². The first-order chi connectivity index (χ1) is 10.1. The number of hydrogen-bond donors (Lipinski definition) is 0. The van der Waals surface area contributed by atoms with Gasteiger partial charge in [0.2, 0.25) is 5.88 Å². The molecular weight excluding hydrogens is 264 g/mol. The molecular formula is C17H18N2O2. The van der Waals surface area contributed by atoms with Crippen LogP contribution in [0.25, 0.3) is 11.8 Å². The van der Waals surface area contributed by atoms with Crippen molar-refractivity contribution in [3.63, 3.8) is 0 Å². The molecule has 0 amide bonds. The van der Waals surface area contributed by atoms with Gasteiger partial charge in [0.25, 0.3) is 0 Å². The Morgan fingerprint density at radius 1 is 1.24 bits per heavy atom. The van der Waals surface area contributed by atoms with Crippen LogP contribution in [0.15, 0.2) is 36.4 Å². The molecule has 2 aromatic rings. The number of carbonyl (C=O) groups is 1. The number of rotatable bonds is 2. The summed E-state index contributed by atoms with van der Waals surface area (Å²) in [6, 6.07) is 9.72. The van der Waals surface area contributed by atoms with Crippen LogP contribution in [-0.2, 0) is 0 Å². The van der Waals surface area contributed by atoms with Crippen molar-refractivity contribution >= 4 is 11.9 Å². The molecule has 0 bridgehead atoms. The van der Waals surface area contributed by atoms with Gasteiger partial charge in [0.1, 0.15) is 17.4 Å². The molecule has 0 radical (unpaired) electrons. The van der Waals surface area contributed by atoms with Gasteiger partial charge in [0.05, 0.1) is 11.6 Å². The minimum Gasteiger partial charge on any atom is -0.473 e. The Morgan fingerprint density at radius 2 is 1.95 bits per heavy atom. The lowest BCUT2D eigenvalue weighted by molar-refractivity contribution is 0.0713. The highest BCUT2D eigenvalue weighted by atomic mass is 16.5. The second kappa shape index (κ2) is 5.20. The fraction of sp³-hybridized carbons (Fsp3) is 0.294. The zero-order valence-corrected chi connectivity index (χ0v) is 12.4. The highest BCUT2D eigenvalue weighted by Crippen LogP contribution is 2.35. The molecule has 0 saturated heterocycles. The van der Waals surface area contributed by atoms with Crippen molar-refractivity contribution < 1.29 is 9.53 Å². The number of ketones is 1. The third-order valence-corrected chi connectivity index (χ3v) is 3.86. The standard InChI is InChI=1S/C17H18N2O2/c1-4-8-14-15-16(20)11(2)12(3)21-17(15)19(18-14)13-9-6-5-7-10-13/h4-12H,1-3H3/b8-4+/t11-,12-/m0/s1. The quantitative estimate of drug-likeness (QED) is 0.846. The van der Waals surface area contributed by atoms with Crippen molar-refractivity contribution in [1.82, 2.24) is 9.78 Å². The van der Waals surface area contributed by atoms with E-state index in [1.807, 2.05) is 63.3 Å². The van der Waals surface area contributed by atoms with Crippen molar-refractivity contribution in [1.29, 1.82) is 0 Å². The highest BCUT2D eigenvalue weighted by Gasteiger charge is 2.36. The summed E-state index contributed by atoms with van der Waals surface area (Å²) in [5.74, 6) is 0.485. The van der Waals surface area contributed by atoms with Gasteiger partial charge in [-0.2, -0.15) is 9.78 Å². The lowest BCUT2D eigenvalue weighted by Gasteiger charge is -2.26. The van der Waals surface area contributed by atoms with Gasteiger partial charge in [-0.1, -0.05) is 31.2 Å². The number of hydrogen-bond acceptors (Lipinski definition) is 3. The van der Waals surface area contributed by atoms with E-state index in [4.69, 9.17) is 4.74 Å². The summed E-state index contributed by atoms with van der Waals surface area (Å²) in [5, 5.41) is 4.56. The number of para-hydroxylation sites is 1. The lowest BCUT2D eigenvalue weighted by atomic mass is 9.92. The monoisotopic (exact) mass is 282 g/mol. The summed E-state index contributed by atoms with van der Waals surface area (Å²) in [4.78, 5) is 12.6. The van der Waals surface area contributed by atoms with Gasteiger partial charge in [0, 0.05) is 0 Å². The summed E-state index contributed by atoms with van der Waals surface area (Å²) in [6.45, 7) is 5.73. The van der Waals surface area contributed by atoms with Crippen LogP contribution < -0.4 is 4.74 Å². The number of fused-ring (bicyclic) bond motifs is 1. The largest absolute Gasteiger partial charge is 0.473 e. The second-order valence-corrected chi connectivity index (χ2v) is 5.29. The maximum absolute atomic E-state index is 12.6. The van der Waals surface area contributed by atoms with Gasteiger partial charge in [-0.25, -0.2) is 0 Å². The Hall–Kier alpha value is -2.36. The fourth-order valence-electron chi connectivity index (χ4n) is 2.50. The van der Waals surface area contributed by atoms with Crippen molar-refractivity contribution in [2.75, 3.05) is 0 Å². The van der Waals surface area contributed by atoms with Crippen LogP contribution in [0.1, 0.15) is 36.8 Å². The third kappa shape index (κ3) is 2.17. The van der Waals surface area contributed by atoms with Crippen LogP contribution in [0, 0.1) is 5.92 Å². The van der Waals surface area contributed by atoms with Gasteiger partial charge < -0.3 is 4.74 Å². The Morgan fingerprint density at radius 3 is 2.62 bits per heavy atom. The number of Topliss-reactive ketones (excluding diaryl/α,β-unsaturated/α-hetero) is 1. The average Bonchev–Trinajstić information content (AvgIpc) is 2.85. The first-order valence-electron chi connectivity index (χ1n) is 7.15. The Kier molecular flexibility index (Phi) is 3.37. The Bertz CT molecular complexity index is 701. The first kappa shape index (κ1) is 13.6. The van der Waals surface area contributed by atoms with Gasteiger partial charge in [-0.05, 0) is 32.1 Å². The van der Waals surface area contributed by atoms with Gasteiger partial charge in [0.15, 0.2) is 5.78 Å². The smallest absolute Gasteiger partial charge is 0.228 e. The maximum atomic E-state index is 12.6. The topological polar surface area (TPSA) is 44.1 Å². The molecule has 0 spiro atoms. The zero-order valence-electron chi connectivity index (χ0n) is 12.4. The highest BCUT2D eigenvalue weighted by molar-refractivity contribution is 6.03. The molecule has 21 heavy (non-hydrogen) atoms. The van der Waals surface area contributed by atoms with Crippen molar-refractivity contribution in [2.24, 2.45) is 5.92 Å². The molecule has 1 aliphatic rings. The second-order valence-electron chi connectivity index (χ2n) is 5.29. The van der Waals surface area contributed by atoms with Crippen LogP contribution in [0.5, 0.6) is 5.88 Å². The number of aromatic nitrogens is 2. The zero-order chi connectivity index (χ0) is 15.0. The molecule has 3 rings (SSSR count). The Balaban J connectivity index is 2.23. The maximum Gasteiger partial charge on any atom is 0.228 e. The molecule has 0 saturated carbocycles. The fourth-order valence-corrected chi connectivity index (χ4v) is 2.50. The summed E-state index contributed by atoms with van der Waals surface area (Å²) in [6.07, 6.45) is 3.58. The molecule has 1 aromatic heterocycles. The molecule has 4 heteroatoms. The van der Waals surface area contributed by atoms with Crippen molar-refractivity contribution in [3.8, 4) is 11.6 Å². The molecule has 2 atom stereocenters. The molecule has 0 fully saturated rings. The van der Waals surface area contributed by atoms with E-state index >= 15 is 0 Å². The molecule has 0 aliphatic carbocycles.